The highest BCUT2D eigenvalue weighted by Crippen LogP contribution is 2.39. The fourth-order valence-electron chi connectivity index (χ4n) is 16.9. The van der Waals surface area contributed by atoms with E-state index in [1.807, 2.05) is 128 Å². The number of carbonyl (C=O) groups excluding carboxylic acids is 8. The second kappa shape index (κ2) is 35.9. The summed E-state index contributed by atoms with van der Waals surface area (Å²) >= 11 is 6.19. The van der Waals surface area contributed by atoms with E-state index in [0.29, 0.717) is 47.2 Å². The Morgan fingerprint density at radius 3 is 1.26 bits per heavy atom. The van der Waals surface area contributed by atoms with Crippen molar-refractivity contribution in [3.8, 4) is 22.3 Å². The first kappa shape index (κ1) is 87.5. The Balaban J connectivity index is 0.000000174. The number of amides is 8. The predicted molar refractivity (Wildman–Crippen MR) is 444 cm³/mol. The van der Waals surface area contributed by atoms with Crippen LogP contribution in [0.5, 0.6) is 0 Å². The van der Waals surface area contributed by atoms with Gasteiger partial charge < -0.3 is 69.3 Å². The summed E-state index contributed by atoms with van der Waals surface area (Å²) in [4.78, 5) is 116. The van der Waals surface area contributed by atoms with Crippen molar-refractivity contribution < 1.29 is 67.2 Å². The third-order valence-corrected chi connectivity index (χ3v) is 23.1. The molecule has 3 aromatic heterocycles. The molecule has 3 fully saturated rings. The zero-order chi connectivity index (χ0) is 85.2. The number of β-amino-alcohol motifs (C(OH)–C–C–N with tert-alkyl or cyclic N) is 3. The monoisotopic (exact) mass is 1620 g/mol. The van der Waals surface area contributed by atoms with Crippen LogP contribution in [0.4, 0.5) is 0 Å². The van der Waals surface area contributed by atoms with E-state index < -0.39 is 54.4 Å². The van der Waals surface area contributed by atoms with Gasteiger partial charge in [0.25, 0.3) is 11.8 Å². The van der Waals surface area contributed by atoms with Crippen LogP contribution in [0.15, 0.2) is 135 Å². The number of aliphatic hydroxyl groups excluding tert-OH is 3. The zero-order valence-corrected chi connectivity index (χ0v) is 71.3. The highest BCUT2D eigenvalue weighted by atomic mass is 35.5. The summed E-state index contributed by atoms with van der Waals surface area (Å²) < 4.78 is 15.8. The van der Waals surface area contributed by atoms with E-state index in [2.05, 4.69) is 106 Å². The Morgan fingerprint density at radius 2 is 0.897 bits per heavy atom. The second-order valence-corrected chi connectivity index (χ2v) is 36.3. The maximum atomic E-state index is 14.0. The molecule has 8 amide bonds. The van der Waals surface area contributed by atoms with Crippen LogP contribution < -0.4 is 16.0 Å². The number of fused-ring (bicyclic) bond motifs is 2. The topological polar surface area (TPSA) is 328 Å². The zero-order valence-electron chi connectivity index (χ0n) is 70.5. The quantitative estimate of drug-likeness (QED) is 0.0413. The molecule has 0 saturated carbocycles. The van der Waals surface area contributed by atoms with E-state index in [9.17, 15) is 53.7 Å². The van der Waals surface area contributed by atoms with E-state index in [4.69, 9.17) is 25.2 Å². The van der Waals surface area contributed by atoms with Crippen LogP contribution in [0, 0.1) is 38.5 Å². The highest BCUT2D eigenvalue weighted by molar-refractivity contribution is 6.30. The molecule has 0 radical (unpaired) electrons. The minimum atomic E-state index is -0.828. The SMILES string of the molecule is Cc1cc(C(C(=O)N2CC(O)CC2C(=O)NCc2ccc(Cl)cc2C(C)(C)C)C(C)C)on1.Cc1nocc1-c1ccc(CNC(=O)C2CC(O)CN2C(=O)C(C(C)C)N2Cc3ccccc3C2=O)c(C(C)(C)C)c1.Cc1oncc1-c1ccc(CNC(=O)C2CC(O)CN2C(=O)C(C(C)C)N2Cc3ccccc3C2=O)c(C(C)(C)C)c1. The number of carbonyl (C=O) groups is 8. The molecule has 3 saturated heterocycles. The molecule has 5 aromatic carbocycles. The second-order valence-electron chi connectivity index (χ2n) is 35.9. The summed E-state index contributed by atoms with van der Waals surface area (Å²) in [6.45, 7) is 37.8. The molecule has 0 aliphatic carbocycles. The largest absolute Gasteiger partial charge is 0.391 e. The van der Waals surface area contributed by atoms with Crippen molar-refractivity contribution >= 4 is 58.9 Å². The number of hydrogen-bond donors (Lipinski definition) is 6. The van der Waals surface area contributed by atoms with Gasteiger partial charge in [-0.15, -0.1) is 0 Å². The third kappa shape index (κ3) is 19.6. The first-order valence-corrected chi connectivity index (χ1v) is 40.9. The average molecular weight is 1620 g/mol. The molecule has 26 heteroatoms. The number of hydrogen-bond acceptors (Lipinski definition) is 17. The number of aryl methyl sites for hydroxylation is 3. The van der Waals surface area contributed by atoms with Gasteiger partial charge >= 0.3 is 0 Å². The molecule has 9 atom stereocenters. The van der Waals surface area contributed by atoms with E-state index in [-0.39, 0.29) is 133 Å². The fraction of sp³-hybridized carbons (Fsp3) is 0.484. The molecule has 6 N–H and O–H groups in total. The Kier molecular flexibility index (Phi) is 26.8. The van der Waals surface area contributed by atoms with Crippen molar-refractivity contribution in [2.75, 3.05) is 19.6 Å². The molecule has 0 bridgehead atoms. The molecular formula is C91H114ClN11O14. The lowest BCUT2D eigenvalue weighted by molar-refractivity contribution is -0.143. The molecule has 13 rings (SSSR count). The molecule has 0 spiro atoms. The van der Waals surface area contributed by atoms with Crippen LogP contribution in [-0.2, 0) is 77.7 Å². The van der Waals surface area contributed by atoms with Gasteiger partial charge in [-0.1, -0.05) is 210 Å². The van der Waals surface area contributed by atoms with Crippen molar-refractivity contribution in [1.29, 1.82) is 0 Å². The molecular weight excluding hydrogens is 1510 g/mol. The first-order chi connectivity index (χ1) is 55.1. The van der Waals surface area contributed by atoms with E-state index in [1.165, 1.54) is 14.7 Å². The molecule has 25 nitrogen and oxygen atoms in total. The maximum absolute atomic E-state index is 14.0. The lowest BCUT2D eigenvalue weighted by atomic mass is 9.82. The standard InChI is InChI=1S/2C33H40N4O5.C25H34ClN3O4/c1-19(2)29(37-17-23-9-7-8-10-25(23)31(37)40)32(41)36-18-24(38)14-28(36)30(39)34-15-22-12-11-21(13-27(22)33(4,5)6)26-16-35-42-20(26)3;1-19(2)29(37-16-23-9-7-8-10-25(23)31(37)40)32(41)36-17-24(38)14-28(36)30(39)34-15-22-12-11-21(13-27(22)33(4,5)6)26-18-42-35-20(26)3;1-14(2)22(21-9-15(3)28-33-21)24(32)29-13-18(30)11-20(29)23(31)27-12-16-7-8-17(26)10-19(16)25(4,5)6/h7-13,16,19,24,28-29,38H,14-15,17-18H2,1-6H3,(H,34,39);7-13,18-19,24,28-29,38H,14-17H2,1-6H3,(H,34,39);7-10,14,18,20,22,30H,11-13H2,1-6H3,(H,27,31). The third-order valence-electron chi connectivity index (χ3n) is 22.8. The van der Waals surface area contributed by atoms with Crippen molar-refractivity contribution in [3.05, 3.63) is 205 Å². The number of likely N-dealkylation sites (tertiary alicyclic amines) is 3. The highest BCUT2D eigenvalue weighted by Gasteiger charge is 2.49. The van der Waals surface area contributed by atoms with Gasteiger partial charge in [0.05, 0.1) is 35.9 Å². The normalized spacial score (nSPS) is 19.5. The molecule has 9 unspecified atom stereocenters. The van der Waals surface area contributed by atoms with Crippen molar-refractivity contribution in [3.63, 3.8) is 0 Å². The number of aliphatic hydroxyl groups is 3. The van der Waals surface area contributed by atoms with Gasteiger partial charge in [0.2, 0.25) is 35.4 Å². The van der Waals surface area contributed by atoms with Gasteiger partial charge in [0.15, 0.2) is 0 Å². The number of halogens is 1. The molecule has 8 aromatic rings. The van der Waals surface area contributed by atoms with Gasteiger partial charge in [0, 0.05) is 105 Å². The minimum Gasteiger partial charge on any atom is -0.391 e. The number of nitrogens with zero attached hydrogens (tertiary/aromatic N) is 8. The average Bonchev–Trinajstić information content (AvgIpc) is 1.76. The Morgan fingerprint density at radius 1 is 0.496 bits per heavy atom. The predicted octanol–water partition coefficient (Wildman–Crippen LogP) is 12.4. The summed E-state index contributed by atoms with van der Waals surface area (Å²) in [5.41, 5.74) is 13.9. The fourth-order valence-corrected chi connectivity index (χ4v) is 17.1. The van der Waals surface area contributed by atoms with E-state index in [0.717, 1.165) is 78.2 Å². The molecule has 5 aliphatic rings. The Hall–Kier alpha value is -10.3. The van der Waals surface area contributed by atoms with Gasteiger partial charge in [-0.3, -0.25) is 38.4 Å². The van der Waals surface area contributed by atoms with Crippen LogP contribution in [0.3, 0.4) is 0 Å². The molecule has 624 valence electrons. The summed E-state index contributed by atoms with van der Waals surface area (Å²) in [6, 6.07) is 30.4. The minimum absolute atomic E-state index is 0.0507. The van der Waals surface area contributed by atoms with Crippen molar-refractivity contribution in [1.82, 2.24) is 55.9 Å². The Labute approximate surface area is 690 Å². The smallest absolute Gasteiger partial charge is 0.255 e. The van der Waals surface area contributed by atoms with Crippen LogP contribution in [-0.4, -0.2) is 171 Å². The lowest BCUT2D eigenvalue weighted by Gasteiger charge is -2.35. The number of benzene rings is 5. The molecule has 8 heterocycles. The van der Waals surface area contributed by atoms with E-state index >= 15 is 0 Å². The first-order valence-electron chi connectivity index (χ1n) is 40.5. The van der Waals surface area contributed by atoms with Gasteiger partial charge in [0.1, 0.15) is 53.9 Å². The van der Waals surface area contributed by atoms with Crippen LogP contribution in [0.25, 0.3) is 22.3 Å². The van der Waals surface area contributed by atoms with Crippen LogP contribution >= 0.6 is 11.6 Å². The van der Waals surface area contributed by atoms with Gasteiger partial charge in [-0.25, -0.2) is 0 Å². The Bertz CT molecular complexity index is 4760. The summed E-state index contributed by atoms with van der Waals surface area (Å²) in [5.74, 6) is -1.94. The summed E-state index contributed by atoms with van der Waals surface area (Å²) in [5, 5.41) is 52.9. The maximum Gasteiger partial charge on any atom is 0.255 e. The van der Waals surface area contributed by atoms with Gasteiger partial charge in [-0.05, 0) is 135 Å². The number of rotatable bonds is 20. The number of aromatic nitrogens is 3. The van der Waals surface area contributed by atoms with Crippen molar-refractivity contribution in [2.24, 2.45) is 17.8 Å². The van der Waals surface area contributed by atoms with Crippen LogP contribution in [0.1, 0.15) is 217 Å². The molecule has 5 aliphatic heterocycles. The molecule has 117 heavy (non-hydrogen) atoms. The van der Waals surface area contributed by atoms with E-state index in [1.54, 1.807) is 53.4 Å². The van der Waals surface area contributed by atoms with Gasteiger partial charge in [-0.2, -0.15) is 0 Å². The lowest BCUT2D eigenvalue weighted by Crippen LogP contribution is -2.55. The summed E-state index contributed by atoms with van der Waals surface area (Å²) in [6.07, 6.45) is 1.44. The van der Waals surface area contributed by atoms with Crippen molar-refractivity contribution in [2.45, 2.75) is 247 Å². The van der Waals surface area contributed by atoms with Crippen LogP contribution in [0.2, 0.25) is 5.02 Å². The number of nitrogens with one attached hydrogen (secondary N) is 3. The summed E-state index contributed by atoms with van der Waals surface area (Å²) in [7, 11) is 0.